The Bertz CT molecular complexity index is 1740. The third kappa shape index (κ3) is 9.74. The highest BCUT2D eigenvalue weighted by Gasteiger charge is 2.54. The van der Waals surface area contributed by atoms with E-state index in [-0.39, 0.29) is 24.4 Å². The van der Waals surface area contributed by atoms with Crippen LogP contribution in [0, 0.1) is 0 Å². The number of phosphoric ester groups is 1. The number of benzene rings is 2. The number of aliphatic hydroxyl groups is 1. The minimum atomic E-state index is -5.63. The predicted molar refractivity (Wildman–Crippen MR) is 160 cm³/mol. The number of anilines is 1. The molecule has 1 aliphatic heterocycles. The second kappa shape index (κ2) is 14.0. The van der Waals surface area contributed by atoms with Crippen molar-refractivity contribution in [2.45, 2.75) is 50.5 Å². The van der Waals surface area contributed by atoms with Crippen molar-refractivity contribution in [2.24, 2.45) is 0 Å². The maximum Gasteiger partial charge on any atom is 0.488 e. The average Bonchev–Trinajstić information content (AvgIpc) is 3.19. The van der Waals surface area contributed by atoms with Crippen LogP contribution in [0.5, 0.6) is 0 Å². The number of amides is 1. The molecule has 17 nitrogen and oxygen atoms in total. The predicted octanol–water partition coefficient (Wildman–Crippen LogP) is 3.84. The third-order valence-electron chi connectivity index (χ3n) is 6.66. The first-order valence-electron chi connectivity index (χ1n) is 13.4. The molecule has 46 heavy (non-hydrogen) atoms. The highest BCUT2D eigenvalue weighted by Crippen LogP contribution is 2.68. The number of nitrogens with one attached hydrogen (secondary N) is 1. The summed E-state index contributed by atoms with van der Waals surface area (Å²) < 4.78 is 62.4. The zero-order valence-electron chi connectivity index (χ0n) is 24.4. The van der Waals surface area contributed by atoms with Gasteiger partial charge in [0.25, 0.3) is 0 Å². The summed E-state index contributed by atoms with van der Waals surface area (Å²) in [6.45, 7) is 1.77. The minimum Gasteiger partial charge on any atom is -0.444 e. The van der Waals surface area contributed by atoms with Crippen LogP contribution in [-0.2, 0) is 54.8 Å². The lowest BCUT2D eigenvalue weighted by molar-refractivity contribution is -0.161. The molecular weight excluding hydrogens is 671 g/mol. The Labute approximate surface area is 262 Å². The largest absolute Gasteiger partial charge is 0.488 e. The summed E-state index contributed by atoms with van der Waals surface area (Å²) in [6, 6.07) is 17.8. The Morgan fingerprint density at radius 1 is 0.978 bits per heavy atom. The zero-order chi connectivity index (χ0) is 33.8. The van der Waals surface area contributed by atoms with Gasteiger partial charge in [-0.05, 0) is 31.0 Å². The number of hydrogen-bond acceptors (Lipinski definition) is 12. The lowest BCUT2D eigenvalue weighted by atomic mass is 9.99. The van der Waals surface area contributed by atoms with Crippen molar-refractivity contribution >= 4 is 35.2 Å². The van der Waals surface area contributed by atoms with Gasteiger partial charge in [-0.2, -0.15) is 9.29 Å². The molecule has 0 bridgehead atoms. The number of carbonyl (C=O) groups excluding carboxylic acids is 1. The summed E-state index contributed by atoms with van der Waals surface area (Å²) in [4.78, 5) is 58.8. The van der Waals surface area contributed by atoms with E-state index in [1.54, 1.807) is 42.5 Å². The van der Waals surface area contributed by atoms with Crippen LogP contribution >= 0.6 is 23.2 Å². The Morgan fingerprint density at radius 2 is 1.59 bits per heavy atom. The summed E-state index contributed by atoms with van der Waals surface area (Å²) >= 11 is 0. The van der Waals surface area contributed by atoms with Crippen molar-refractivity contribution in [1.82, 2.24) is 9.55 Å². The number of aromatic nitrogens is 2. The summed E-state index contributed by atoms with van der Waals surface area (Å²) in [5.74, 6) is -0.127. The summed E-state index contributed by atoms with van der Waals surface area (Å²) in [5, 5.41) is 13.1. The van der Waals surface area contributed by atoms with E-state index in [1.807, 2.05) is 6.07 Å². The molecule has 0 saturated carbocycles. The molecule has 20 heteroatoms. The summed E-state index contributed by atoms with van der Waals surface area (Å²) in [6.07, 6.45) is -1.98. The van der Waals surface area contributed by atoms with E-state index in [0.29, 0.717) is 0 Å². The molecule has 0 radical (unpaired) electrons. The lowest BCUT2D eigenvalue weighted by Gasteiger charge is -2.32. The van der Waals surface area contributed by atoms with Gasteiger partial charge in [0.2, 0.25) is 0 Å². The molecule has 1 aromatic heterocycles. The number of carbonyl (C=O) groups is 1. The molecule has 1 saturated heterocycles. The van der Waals surface area contributed by atoms with Crippen LogP contribution in [0.3, 0.4) is 0 Å². The van der Waals surface area contributed by atoms with Crippen LogP contribution in [-0.4, -0.2) is 53.7 Å². The molecule has 1 aliphatic rings. The Kier molecular flexibility index (Phi) is 10.9. The second-order valence-corrected chi connectivity index (χ2v) is 15.6. The van der Waals surface area contributed by atoms with E-state index in [4.69, 9.17) is 14.0 Å². The Balaban J connectivity index is 1.35. The Hall–Kier alpha value is -3.04. The van der Waals surface area contributed by atoms with Gasteiger partial charge >= 0.3 is 35.0 Å². The molecular formula is C26H32N3O14P3. The zero-order valence-corrected chi connectivity index (χ0v) is 27.1. The molecule has 1 fully saturated rings. The molecule has 5 N–H and O–H groups in total. The van der Waals surface area contributed by atoms with Crippen LogP contribution in [0.1, 0.15) is 31.4 Å². The summed E-state index contributed by atoms with van der Waals surface area (Å²) in [7, 11) is -15.9. The van der Waals surface area contributed by atoms with Gasteiger partial charge in [0.05, 0.1) is 18.9 Å². The first-order chi connectivity index (χ1) is 21.4. The quantitative estimate of drug-likeness (QED) is 0.159. The molecule has 0 aliphatic carbocycles. The lowest BCUT2D eigenvalue weighted by Crippen LogP contribution is -2.44. The van der Waals surface area contributed by atoms with Crippen molar-refractivity contribution in [3.05, 3.63) is 94.5 Å². The normalized spacial score (nSPS) is 25.1. The fourth-order valence-electron chi connectivity index (χ4n) is 4.54. The van der Waals surface area contributed by atoms with Crippen LogP contribution in [0.25, 0.3) is 0 Å². The monoisotopic (exact) mass is 703 g/mol. The molecule has 1 amide bonds. The van der Waals surface area contributed by atoms with E-state index in [2.05, 4.69) is 18.9 Å². The van der Waals surface area contributed by atoms with Gasteiger partial charge in [0, 0.05) is 12.6 Å². The number of phosphoric acid groups is 2. The van der Waals surface area contributed by atoms with Crippen molar-refractivity contribution < 1.29 is 60.9 Å². The van der Waals surface area contributed by atoms with Gasteiger partial charge in [-0.1, -0.05) is 60.7 Å². The number of nitrogens with zero attached hydrogens (tertiary/aromatic N) is 2. The minimum absolute atomic E-state index is 0.0145. The molecule has 250 valence electrons. The van der Waals surface area contributed by atoms with E-state index in [0.717, 1.165) is 10.1 Å². The SMILES string of the molecule is CC1(COP(=O)(O)OP(=O)(O)OP(=O)(O)Cc2ccccc2)OC(C)(n2ccc(NC(=O)OCc3ccccc3)nc2=O)CC1O. The molecule has 6 atom stereocenters. The van der Waals surface area contributed by atoms with E-state index in [9.17, 15) is 43.1 Å². The van der Waals surface area contributed by atoms with Gasteiger partial charge in [0.1, 0.15) is 23.8 Å². The third-order valence-corrected chi connectivity index (χ3v) is 11.4. The van der Waals surface area contributed by atoms with Gasteiger partial charge in [-0.3, -0.25) is 19.0 Å². The van der Waals surface area contributed by atoms with Gasteiger partial charge in [0.15, 0.2) is 0 Å². The fraction of sp³-hybridized carbons (Fsp3) is 0.346. The van der Waals surface area contributed by atoms with E-state index in [1.165, 1.54) is 38.2 Å². The summed E-state index contributed by atoms with van der Waals surface area (Å²) in [5.41, 5.74) is -3.23. The fourth-order valence-corrected chi connectivity index (χ4v) is 8.77. The van der Waals surface area contributed by atoms with Crippen LogP contribution in [0.15, 0.2) is 77.7 Å². The first kappa shape index (κ1) is 35.8. The number of ether oxygens (including phenoxy) is 2. The maximum atomic E-state index is 12.9. The molecule has 2 aromatic carbocycles. The number of aliphatic hydroxyl groups excluding tert-OH is 1. The topological polar surface area (TPSA) is 242 Å². The van der Waals surface area contributed by atoms with Crippen molar-refractivity contribution in [1.29, 1.82) is 0 Å². The number of hydrogen-bond donors (Lipinski definition) is 5. The van der Waals surface area contributed by atoms with E-state index >= 15 is 0 Å². The van der Waals surface area contributed by atoms with Gasteiger partial charge < -0.3 is 29.3 Å². The van der Waals surface area contributed by atoms with E-state index < -0.39 is 65.2 Å². The average molecular weight is 703 g/mol. The highest BCUT2D eigenvalue weighted by atomic mass is 31.3. The molecule has 0 spiro atoms. The number of rotatable bonds is 13. The molecule has 4 rings (SSSR count). The maximum absolute atomic E-state index is 12.9. The van der Waals surface area contributed by atoms with Crippen LogP contribution in [0.2, 0.25) is 0 Å². The molecule has 3 aromatic rings. The van der Waals surface area contributed by atoms with Crippen LogP contribution in [0.4, 0.5) is 10.6 Å². The first-order valence-corrected chi connectivity index (χ1v) is 18.2. The van der Waals surface area contributed by atoms with Crippen molar-refractivity contribution in [2.75, 3.05) is 11.9 Å². The van der Waals surface area contributed by atoms with Gasteiger partial charge in [-0.15, -0.1) is 0 Å². The molecule has 6 unspecified atom stereocenters. The smallest absolute Gasteiger partial charge is 0.444 e. The second-order valence-electron chi connectivity index (χ2n) is 10.6. The standard InChI is InChI=1S/C26H32N3O14P3/c1-25(18-40-45(35,36)43-46(37,38)42-44(33,34)17-20-11-7-4-8-12-20)21(30)15-26(2,41-25)29-14-13-22(27-23(29)31)28-24(32)39-16-19-9-5-3-6-10-19/h3-14,21,30H,15-18H2,1-2H3,(H,33,34)(H,35,36)(H,37,38)(H,27,28,31,32). The molecule has 2 heterocycles. The van der Waals surface area contributed by atoms with Gasteiger partial charge in [-0.25, -0.2) is 23.0 Å². The van der Waals surface area contributed by atoms with Crippen molar-refractivity contribution in [3.63, 3.8) is 0 Å². The van der Waals surface area contributed by atoms with Crippen LogP contribution < -0.4 is 11.0 Å². The highest BCUT2D eigenvalue weighted by molar-refractivity contribution is 7.68. The van der Waals surface area contributed by atoms with Crippen molar-refractivity contribution in [3.8, 4) is 0 Å². The Morgan fingerprint density at radius 3 is 2.20 bits per heavy atom.